The van der Waals surface area contributed by atoms with Crippen LogP contribution in [-0.4, -0.2) is 0 Å². The zero-order valence-electron chi connectivity index (χ0n) is 42.3. The monoisotopic (exact) mass is 922 g/mol. The number of rotatable bonds is 5. The normalized spacial score (nSPS) is 17.1. The Morgan fingerprint density at radius 3 is 1.66 bits per heavy atom. The van der Waals surface area contributed by atoms with Crippen LogP contribution in [0, 0.1) is 0 Å². The lowest BCUT2D eigenvalue weighted by atomic mass is 9.77. The number of ether oxygens (including phenoxy) is 1. The van der Waals surface area contributed by atoms with E-state index in [9.17, 15) is 0 Å². The molecule has 2 atom stereocenters. The maximum absolute atomic E-state index is 8.24. The molecule has 0 amide bonds. The van der Waals surface area contributed by atoms with Gasteiger partial charge in [0, 0.05) is 39.9 Å². The molecule has 13 rings (SSSR count). The number of anilines is 3. The molecule has 5 heterocycles. The molecule has 71 heavy (non-hydrogen) atoms. The molecule has 0 saturated heterocycles. The summed E-state index contributed by atoms with van der Waals surface area (Å²) in [6, 6.07) is 70.3. The highest BCUT2D eigenvalue weighted by molar-refractivity contribution is 6.04. The summed E-state index contributed by atoms with van der Waals surface area (Å²) in [6.45, 7) is 21.0. The standard InChI is InChI=1S/C67H60N3O/c1-64(2,3)49-32-33-57(52(39-49)46-24-17-12-18-25-46)69-58-27-19-26-51-53-36-48(43-22-15-11-16-23-43)37-54-59-38-47(45-30-28-44(29-31-45)42-20-13-10-14-21-42)34-35-68(59)67(60(53)54)70(61(51)58)63(69)55-40-50(65(4,5)6)41-56(62(55)71-67)66(7,8)9/h10-41,63H,1-9H3/q+1. The van der Waals surface area contributed by atoms with Gasteiger partial charge in [0.05, 0.1) is 22.6 Å². The molecule has 0 aliphatic carbocycles. The fourth-order valence-electron chi connectivity index (χ4n) is 11.9. The maximum atomic E-state index is 8.24. The van der Waals surface area contributed by atoms with Crippen molar-refractivity contribution in [3.8, 4) is 72.6 Å². The second-order valence-corrected chi connectivity index (χ2v) is 23.2. The predicted molar refractivity (Wildman–Crippen MR) is 293 cm³/mol. The molecular formula is C67H60N3O+. The Bertz CT molecular complexity index is 3610. The maximum Gasteiger partial charge on any atom is 0.432 e. The zero-order chi connectivity index (χ0) is 48.8. The molecule has 0 saturated carbocycles. The smallest absolute Gasteiger partial charge is 0.410 e. The summed E-state index contributed by atoms with van der Waals surface area (Å²) in [5.41, 5.74) is 23.6. The van der Waals surface area contributed by atoms with Gasteiger partial charge in [-0.25, -0.2) is 4.90 Å². The van der Waals surface area contributed by atoms with E-state index in [1.54, 1.807) is 0 Å². The largest absolute Gasteiger partial charge is 0.432 e. The first-order valence-corrected chi connectivity index (χ1v) is 25.4. The fraction of sp³-hybridized carbons (Fsp3) is 0.209. The summed E-state index contributed by atoms with van der Waals surface area (Å²) >= 11 is 0. The Morgan fingerprint density at radius 1 is 0.437 bits per heavy atom. The van der Waals surface area contributed by atoms with Crippen molar-refractivity contribution in [1.29, 1.82) is 0 Å². The molecule has 9 aromatic rings. The summed E-state index contributed by atoms with van der Waals surface area (Å²) in [5.74, 6) is -0.118. The lowest BCUT2D eigenvalue weighted by Crippen LogP contribution is -2.71. The average Bonchev–Trinajstić information content (AvgIpc) is 3.88. The van der Waals surface area contributed by atoms with Gasteiger partial charge in [0.15, 0.2) is 6.20 Å². The number of para-hydroxylation sites is 1. The summed E-state index contributed by atoms with van der Waals surface area (Å²) < 4.78 is 10.7. The highest BCUT2D eigenvalue weighted by atomic mass is 16.5. The van der Waals surface area contributed by atoms with Gasteiger partial charge in [-0.1, -0.05) is 202 Å². The SMILES string of the molecule is CC(C)(C)c1ccc(N2c3cccc4c3N3C2c2cc(C(C)(C)C)cc(C(C)(C)C)c2OC32c3c-4cc(-c4ccccc4)cc3-c3cc(-c4ccc(-c5ccccc5)cc4)cc[n+]32)c(-c2ccccc2)c1. The second-order valence-electron chi connectivity index (χ2n) is 23.2. The molecule has 2 unspecified atom stereocenters. The summed E-state index contributed by atoms with van der Waals surface area (Å²) in [4.78, 5) is 5.34. The minimum absolute atomic E-state index is 0.0485. The van der Waals surface area contributed by atoms with Crippen molar-refractivity contribution in [2.45, 2.75) is 90.6 Å². The molecule has 0 bridgehead atoms. The van der Waals surface area contributed by atoms with Gasteiger partial charge in [-0.05, 0) is 103 Å². The Hall–Kier alpha value is -7.69. The van der Waals surface area contributed by atoms with Crippen molar-refractivity contribution >= 4 is 17.1 Å². The minimum Gasteiger partial charge on any atom is -0.410 e. The van der Waals surface area contributed by atoms with E-state index in [2.05, 4.69) is 271 Å². The zero-order valence-corrected chi connectivity index (χ0v) is 42.3. The summed E-state index contributed by atoms with van der Waals surface area (Å²) in [6.07, 6.45) is 2.04. The van der Waals surface area contributed by atoms with E-state index in [-0.39, 0.29) is 22.4 Å². The molecule has 4 nitrogen and oxygen atoms in total. The van der Waals surface area contributed by atoms with Crippen LogP contribution in [0.3, 0.4) is 0 Å². The molecule has 8 aromatic carbocycles. The van der Waals surface area contributed by atoms with E-state index in [4.69, 9.17) is 4.74 Å². The first kappa shape index (κ1) is 43.3. The lowest BCUT2D eigenvalue weighted by molar-refractivity contribution is -0.774. The second kappa shape index (κ2) is 15.2. The van der Waals surface area contributed by atoms with Crippen LogP contribution in [0.15, 0.2) is 194 Å². The van der Waals surface area contributed by atoms with Crippen molar-refractivity contribution < 1.29 is 9.30 Å². The van der Waals surface area contributed by atoms with E-state index in [0.29, 0.717) is 0 Å². The van der Waals surface area contributed by atoms with E-state index < -0.39 is 5.85 Å². The van der Waals surface area contributed by atoms with E-state index in [0.717, 1.165) is 17.0 Å². The van der Waals surface area contributed by atoms with Crippen molar-refractivity contribution in [3.63, 3.8) is 0 Å². The number of pyridine rings is 1. The number of fused-ring (bicyclic) bond motifs is 5. The van der Waals surface area contributed by atoms with Crippen LogP contribution < -0.4 is 19.1 Å². The number of nitrogens with zero attached hydrogens (tertiary/aromatic N) is 3. The molecule has 1 spiro atoms. The van der Waals surface area contributed by atoms with Crippen molar-refractivity contribution in [2.24, 2.45) is 0 Å². The van der Waals surface area contributed by atoms with Crippen LogP contribution in [0.2, 0.25) is 0 Å². The van der Waals surface area contributed by atoms with Gasteiger partial charge in [-0.3, -0.25) is 0 Å². The van der Waals surface area contributed by atoms with Crippen LogP contribution in [0.1, 0.15) is 96.3 Å². The van der Waals surface area contributed by atoms with Gasteiger partial charge in [0.1, 0.15) is 17.5 Å². The van der Waals surface area contributed by atoms with Crippen LogP contribution in [-0.2, 0) is 22.1 Å². The molecule has 0 radical (unpaired) electrons. The first-order chi connectivity index (χ1) is 34.1. The van der Waals surface area contributed by atoms with Gasteiger partial charge in [0.2, 0.25) is 5.69 Å². The number of aromatic nitrogens is 1. The number of hydrogen-bond acceptors (Lipinski definition) is 3. The van der Waals surface area contributed by atoms with Crippen molar-refractivity contribution in [1.82, 2.24) is 0 Å². The van der Waals surface area contributed by atoms with Gasteiger partial charge in [0.25, 0.3) is 0 Å². The Labute approximate surface area is 419 Å². The highest BCUT2D eigenvalue weighted by Crippen LogP contribution is 2.68. The molecule has 348 valence electrons. The molecule has 1 aromatic heterocycles. The first-order valence-electron chi connectivity index (χ1n) is 25.4. The quantitative estimate of drug-likeness (QED) is 0.160. The predicted octanol–water partition coefficient (Wildman–Crippen LogP) is 16.9. The molecule has 4 aliphatic heterocycles. The Balaban J connectivity index is 1.14. The van der Waals surface area contributed by atoms with E-state index >= 15 is 0 Å². The molecule has 0 fully saturated rings. The molecule has 4 heteroatoms. The molecule has 4 aliphatic rings. The third-order valence-electron chi connectivity index (χ3n) is 15.6. The minimum atomic E-state index is -1.08. The number of benzene rings is 8. The summed E-state index contributed by atoms with van der Waals surface area (Å²) in [5, 5.41) is 0. The molecular weight excluding hydrogens is 863 g/mol. The Morgan fingerprint density at radius 2 is 1.03 bits per heavy atom. The topological polar surface area (TPSA) is 19.6 Å². The third-order valence-corrected chi connectivity index (χ3v) is 15.6. The van der Waals surface area contributed by atoms with Crippen LogP contribution in [0.4, 0.5) is 17.1 Å². The average molecular weight is 923 g/mol. The van der Waals surface area contributed by atoms with Crippen LogP contribution in [0.5, 0.6) is 5.75 Å². The van der Waals surface area contributed by atoms with Gasteiger partial charge in [-0.2, -0.15) is 0 Å². The van der Waals surface area contributed by atoms with E-state index in [1.165, 1.54) is 101 Å². The number of hydrogen-bond donors (Lipinski definition) is 0. The van der Waals surface area contributed by atoms with E-state index in [1.807, 2.05) is 0 Å². The third kappa shape index (κ3) is 6.46. The lowest BCUT2D eigenvalue weighted by Gasteiger charge is -2.49. The highest BCUT2D eigenvalue weighted by Gasteiger charge is 2.70. The van der Waals surface area contributed by atoms with Crippen LogP contribution >= 0.6 is 0 Å². The van der Waals surface area contributed by atoms with Crippen LogP contribution in [0.25, 0.3) is 66.9 Å². The Kier molecular flexibility index (Phi) is 9.25. The van der Waals surface area contributed by atoms with Gasteiger partial charge in [-0.15, -0.1) is 4.57 Å². The van der Waals surface area contributed by atoms with Gasteiger partial charge >= 0.3 is 5.85 Å². The van der Waals surface area contributed by atoms with Gasteiger partial charge < -0.3 is 9.64 Å². The van der Waals surface area contributed by atoms with Crippen molar-refractivity contribution in [3.05, 3.63) is 222 Å². The fourth-order valence-corrected chi connectivity index (χ4v) is 11.9. The summed E-state index contributed by atoms with van der Waals surface area (Å²) in [7, 11) is 0. The van der Waals surface area contributed by atoms with Crippen molar-refractivity contribution in [2.75, 3.05) is 9.80 Å². The molecule has 0 N–H and O–H groups in total.